The van der Waals surface area contributed by atoms with Crippen LogP contribution in [0, 0.1) is 13.8 Å². The first-order valence-electron chi connectivity index (χ1n) is 11.5. The number of carbonyl (C=O) groups excluding carboxylic acids is 1. The van der Waals surface area contributed by atoms with Crippen molar-refractivity contribution in [3.63, 3.8) is 0 Å². The van der Waals surface area contributed by atoms with Gasteiger partial charge in [-0.05, 0) is 73.7 Å². The van der Waals surface area contributed by atoms with E-state index >= 15 is 0 Å². The lowest BCUT2D eigenvalue weighted by atomic mass is 10.0. The molecule has 0 aromatic heterocycles. The van der Waals surface area contributed by atoms with Gasteiger partial charge < -0.3 is 5.32 Å². The summed E-state index contributed by atoms with van der Waals surface area (Å²) >= 11 is 0. The standard InChI is InChI=1S/C28H33N3O/c1-21-10-11-22(2)26(18-21)30-28(32)27(25-8-4-3-5-9-25)29-19-23-12-14-24(15-13-23)20-31-16-6-7-17-31/h3-5,8-15,18,27,29H,6-7,16-17,19-20H2,1-2H3,(H,30,32)/t27-/m0/s1. The van der Waals surface area contributed by atoms with Gasteiger partial charge >= 0.3 is 0 Å². The highest BCUT2D eigenvalue weighted by Crippen LogP contribution is 2.21. The van der Waals surface area contributed by atoms with Crippen molar-refractivity contribution in [3.05, 3.63) is 101 Å². The molecule has 1 amide bonds. The quantitative estimate of drug-likeness (QED) is 0.508. The molecule has 0 radical (unpaired) electrons. The van der Waals surface area contributed by atoms with Crippen LogP contribution in [0.5, 0.6) is 0 Å². The van der Waals surface area contributed by atoms with E-state index in [0.29, 0.717) is 6.54 Å². The molecule has 1 saturated heterocycles. The molecule has 0 bridgehead atoms. The van der Waals surface area contributed by atoms with Crippen molar-refractivity contribution in [2.45, 2.75) is 45.8 Å². The van der Waals surface area contributed by atoms with Gasteiger partial charge in [0.15, 0.2) is 0 Å². The summed E-state index contributed by atoms with van der Waals surface area (Å²) in [5.74, 6) is -0.0458. The molecule has 0 saturated carbocycles. The van der Waals surface area contributed by atoms with Crippen LogP contribution in [0.15, 0.2) is 72.8 Å². The fraction of sp³-hybridized carbons (Fsp3) is 0.321. The first-order valence-corrected chi connectivity index (χ1v) is 11.5. The lowest BCUT2D eigenvalue weighted by Crippen LogP contribution is -2.33. The molecule has 1 fully saturated rings. The van der Waals surface area contributed by atoms with Gasteiger partial charge in [-0.3, -0.25) is 15.0 Å². The Kier molecular flexibility index (Phi) is 7.35. The van der Waals surface area contributed by atoms with Crippen molar-refractivity contribution >= 4 is 11.6 Å². The molecule has 1 atom stereocenters. The van der Waals surface area contributed by atoms with Crippen molar-refractivity contribution in [1.29, 1.82) is 0 Å². The van der Waals surface area contributed by atoms with Gasteiger partial charge in [0.05, 0.1) is 0 Å². The van der Waals surface area contributed by atoms with Gasteiger partial charge in [0.25, 0.3) is 0 Å². The molecular weight excluding hydrogens is 394 g/mol. The minimum absolute atomic E-state index is 0.0458. The van der Waals surface area contributed by atoms with Crippen molar-refractivity contribution in [2.75, 3.05) is 18.4 Å². The predicted molar refractivity (Wildman–Crippen MR) is 132 cm³/mol. The highest BCUT2D eigenvalue weighted by molar-refractivity contribution is 5.96. The number of nitrogens with one attached hydrogen (secondary N) is 2. The Hall–Kier alpha value is -2.95. The molecule has 0 unspecified atom stereocenters. The van der Waals surface area contributed by atoms with Crippen molar-refractivity contribution in [3.8, 4) is 0 Å². The summed E-state index contributed by atoms with van der Waals surface area (Å²) < 4.78 is 0. The third kappa shape index (κ3) is 5.84. The van der Waals surface area contributed by atoms with E-state index < -0.39 is 6.04 Å². The van der Waals surface area contributed by atoms with E-state index in [9.17, 15) is 4.79 Å². The molecule has 166 valence electrons. The molecule has 4 nitrogen and oxygen atoms in total. The van der Waals surface area contributed by atoms with Gasteiger partial charge in [0, 0.05) is 18.8 Å². The second-order valence-electron chi connectivity index (χ2n) is 8.83. The van der Waals surface area contributed by atoms with Crippen molar-refractivity contribution in [1.82, 2.24) is 10.2 Å². The number of anilines is 1. The average molecular weight is 428 g/mol. The zero-order valence-electron chi connectivity index (χ0n) is 19.1. The second kappa shape index (κ2) is 10.6. The Morgan fingerprint density at radius 1 is 0.906 bits per heavy atom. The number of hydrogen-bond donors (Lipinski definition) is 2. The molecule has 0 spiro atoms. The lowest BCUT2D eigenvalue weighted by Gasteiger charge is -2.20. The smallest absolute Gasteiger partial charge is 0.246 e. The van der Waals surface area contributed by atoms with Crippen molar-refractivity contribution < 1.29 is 4.79 Å². The van der Waals surface area contributed by atoms with Crippen LogP contribution in [0.2, 0.25) is 0 Å². The molecule has 0 aliphatic carbocycles. The monoisotopic (exact) mass is 427 g/mol. The Balaban J connectivity index is 1.44. The first-order chi connectivity index (χ1) is 15.6. The van der Waals surface area contributed by atoms with E-state index in [1.165, 1.54) is 37.1 Å². The topological polar surface area (TPSA) is 44.4 Å². The maximum atomic E-state index is 13.3. The Morgan fingerprint density at radius 2 is 1.59 bits per heavy atom. The molecule has 4 heteroatoms. The average Bonchev–Trinajstić information content (AvgIpc) is 3.31. The maximum Gasteiger partial charge on any atom is 0.246 e. The molecule has 4 rings (SSSR count). The summed E-state index contributed by atoms with van der Waals surface area (Å²) in [5.41, 5.74) is 6.54. The van der Waals surface area contributed by atoms with Gasteiger partial charge in [0.1, 0.15) is 6.04 Å². The number of aryl methyl sites for hydroxylation is 2. The molecule has 1 aliphatic rings. The molecule has 3 aromatic carbocycles. The SMILES string of the molecule is Cc1ccc(C)c(NC(=O)[C@@H](NCc2ccc(CN3CCCC3)cc2)c2ccccc2)c1. The highest BCUT2D eigenvalue weighted by Gasteiger charge is 2.21. The Morgan fingerprint density at radius 3 is 2.31 bits per heavy atom. The van der Waals surface area contributed by atoms with E-state index in [1.54, 1.807) is 0 Å². The van der Waals surface area contributed by atoms with Gasteiger partial charge in [-0.2, -0.15) is 0 Å². The number of carbonyl (C=O) groups is 1. The molecular formula is C28H33N3O. The fourth-order valence-electron chi connectivity index (χ4n) is 4.26. The van der Waals surface area contributed by atoms with Crippen LogP contribution < -0.4 is 10.6 Å². The number of likely N-dealkylation sites (tertiary alicyclic amines) is 1. The van der Waals surface area contributed by atoms with E-state index in [4.69, 9.17) is 0 Å². The minimum Gasteiger partial charge on any atom is -0.324 e. The maximum absolute atomic E-state index is 13.3. The van der Waals surface area contributed by atoms with Gasteiger partial charge in [-0.15, -0.1) is 0 Å². The summed E-state index contributed by atoms with van der Waals surface area (Å²) in [6.07, 6.45) is 2.63. The van der Waals surface area contributed by atoms with Gasteiger partial charge in [-0.1, -0.05) is 66.7 Å². The summed E-state index contributed by atoms with van der Waals surface area (Å²) in [6.45, 7) is 8.12. The lowest BCUT2D eigenvalue weighted by molar-refractivity contribution is -0.118. The van der Waals surface area contributed by atoms with E-state index in [1.807, 2.05) is 56.3 Å². The van der Waals surface area contributed by atoms with Gasteiger partial charge in [0.2, 0.25) is 5.91 Å². The molecule has 32 heavy (non-hydrogen) atoms. The van der Waals surface area contributed by atoms with Crippen LogP contribution >= 0.6 is 0 Å². The molecule has 2 N–H and O–H groups in total. The number of nitrogens with zero attached hydrogens (tertiary/aromatic N) is 1. The second-order valence-corrected chi connectivity index (χ2v) is 8.83. The third-order valence-electron chi connectivity index (χ3n) is 6.18. The molecule has 1 heterocycles. The number of rotatable bonds is 8. The van der Waals surface area contributed by atoms with Crippen LogP contribution in [-0.2, 0) is 17.9 Å². The first kappa shape index (κ1) is 22.3. The van der Waals surface area contributed by atoms with Crippen LogP contribution in [0.1, 0.15) is 46.7 Å². The molecule has 1 aliphatic heterocycles. The Labute approximate surface area is 191 Å². The normalized spacial score (nSPS) is 14.9. The van der Waals surface area contributed by atoms with Crippen LogP contribution in [0.3, 0.4) is 0 Å². The van der Waals surface area contributed by atoms with Crippen LogP contribution in [0.25, 0.3) is 0 Å². The zero-order valence-corrected chi connectivity index (χ0v) is 19.1. The van der Waals surface area contributed by atoms with Crippen LogP contribution in [-0.4, -0.2) is 23.9 Å². The summed E-state index contributed by atoms with van der Waals surface area (Å²) in [7, 11) is 0. The number of benzene rings is 3. The van der Waals surface area contributed by atoms with Gasteiger partial charge in [-0.25, -0.2) is 0 Å². The molecule has 3 aromatic rings. The summed E-state index contributed by atoms with van der Waals surface area (Å²) in [4.78, 5) is 15.8. The zero-order chi connectivity index (χ0) is 22.3. The third-order valence-corrected chi connectivity index (χ3v) is 6.18. The predicted octanol–water partition coefficient (Wildman–Crippen LogP) is 5.37. The van der Waals surface area contributed by atoms with E-state index in [2.05, 4.69) is 45.9 Å². The van der Waals surface area contributed by atoms with E-state index in [0.717, 1.165) is 28.9 Å². The van der Waals surface area contributed by atoms with Crippen molar-refractivity contribution in [2.24, 2.45) is 0 Å². The Bertz CT molecular complexity index is 1020. The van der Waals surface area contributed by atoms with Crippen LogP contribution in [0.4, 0.5) is 5.69 Å². The summed E-state index contributed by atoms with van der Waals surface area (Å²) in [5, 5.41) is 6.60. The summed E-state index contributed by atoms with van der Waals surface area (Å²) in [6, 6.07) is 24.4. The highest BCUT2D eigenvalue weighted by atomic mass is 16.2. The minimum atomic E-state index is -0.430. The largest absolute Gasteiger partial charge is 0.324 e. The fourth-order valence-corrected chi connectivity index (χ4v) is 4.26. The number of hydrogen-bond acceptors (Lipinski definition) is 3. The number of amides is 1. The van der Waals surface area contributed by atoms with E-state index in [-0.39, 0.29) is 5.91 Å².